The van der Waals surface area contributed by atoms with E-state index in [1.54, 1.807) is 6.08 Å². The van der Waals surface area contributed by atoms with Gasteiger partial charge in [0.25, 0.3) is 0 Å². The summed E-state index contributed by atoms with van der Waals surface area (Å²) in [4.78, 5) is 10.6. The second-order valence-electron chi connectivity index (χ2n) is 3.39. The fraction of sp³-hybridized carbons (Fsp3) is 0.154. The summed E-state index contributed by atoms with van der Waals surface area (Å²) in [6, 6.07) is 7.90. The zero-order chi connectivity index (χ0) is 11.3. The van der Waals surface area contributed by atoms with Gasteiger partial charge in [0.2, 0.25) is 5.91 Å². The Bertz CT molecular complexity index is 376. The molecule has 2 N–H and O–H groups in total. The lowest BCUT2D eigenvalue weighted by atomic mass is 10.0. The van der Waals surface area contributed by atoms with Gasteiger partial charge in [-0.05, 0) is 23.1 Å². The number of hydrogen-bond acceptors (Lipinski definition) is 1. The van der Waals surface area contributed by atoms with Crippen molar-refractivity contribution in [2.24, 2.45) is 5.73 Å². The largest absolute Gasteiger partial charge is 0.370 e. The maximum Gasteiger partial charge on any atom is 0.217 e. The minimum Gasteiger partial charge on any atom is -0.370 e. The van der Waals surface area contributed by atoms with E-state index < -0.39 is 0 Å². The number of nitrogens with two attached hydrogens (primary N) is 1. The molecule has 0 radical (unpaired) electrons. The van der Waals surface area contributed by atoms with Gasteiger partial charge in [-0.2, -0.15) is 0 Å². The van der Waals surface area contributed by atoms with Crippen molar-refractivity contribution in [1.82, 2.24) is 0 Å². The van der Waals surface area contributed by atoms with Crippen LogP contribution in [0.3, 0.4) is 0 Å². The van der Waals surface area contributed by atoms with Crippen molar-refractivity contribution in [3.8, 4) is 0 Å². The van der Waals surface area contributed by atoms with Crippen LogP contribution in [0.4, 0.5) is 0 Å². The molecule has 1 rings (SSSR count). The zero-order valence-corrected chi connectivity index (χ0v) is 8.70. The van der Waals surface area contributed by atoms with E-state index in [4.69, 9.17) is 5.73 Å². The maximum absolute atomic E-state index is 10.6. The van der Waals surface area contributed by atoms with Crippen LogP contribution in [0.25, 0.3) is 5.57 Å². The standard InChI is InChI=1S/C13H15NO/c1-3-10(2)12-7-4-11(5-8-12)6-9-13(14)15/h3-5,7-8H,1-2,6,9H2,(H2,14,15). The zero-order valence-electron chi connectivity index (χ0n) is 8.70. The first kappa shape index (κ1) is 11.2. The molecule has 2 heteroatoms. The van der Waals surface area contributed by atoms with E-state index >= 15 is 0 Å². The average molecular weight is 201 g/mol. The number of benzene rings is 1. The second kappa shape index (κ2) is 5.15. The fourth-order valence-electron chi connectivity index (χ4n) is 1.27. The van der Waals surface area contributed by atoms with Gasteiger partial charge in [0.1, 0.15) is 0 Å². The number of rotatable bonds is 5. The average Bonchev–Trinajstić information content (AvgIpc) is 2.26. The van der Waals surface area contributed by atoms with Crippen molar-refractivity contribution in [3.05, 3.63) is 54.6 Å². The minimum atomic E-state index is -0.269. The van der Waals surface area contributed by atoms with Crippen molar-refractivity contribution in [2.45, 2.75) is 12.8 Å². The number of hydrogen-bond donors (Lipinski definition) is 1. The van der Waals surface area contributed by atoms with Crippen molar-refractivity contribution < 1.29 is 4.79 Å². The van der Waals surface area contributed by atoms with Crippen LogP contribution in [0.1, 0.15) is 17.5 Å². The molecule has 0 fully saturated rings. The van der Waals surface area contributed by atoms with Crippen LogP contribution < -0.4 is 5.73 Å². The van der Waals surface area contributed by atoms with E-state index in [-0.39, 0.29) is 5.91 Å². The SMILES string of the molecule is C=CC(=C)c1ccc(CCC(N)=O)cc1. The first-order valence-corrected chi connectivity index (χ1v) is 4.82. The van der Waals surface area contributed by atoms with Crippen molar-refractivity contribution in [3.63, 3.8) is 0 Å². The second-order valence-corrected chi connectivity index (χ2v) is 3.39. The molecule has 0 atom stereocenters. The Hall–Kier alpha value is -1.83. The molecule has 0 aliphatic rings. The first-order chi connectivity index (χ1) is 7.13. The van der Waals surface area contributed by atoms with Crippen molar-refractivity contribution >= 4 is 11.5 Å². The van der Waals surface area contributed by atoms with Crippen LogP contribution in [0.15, 0.2) is 43.5 Å². The highest BCUT2D eigenvalue weighted by atomic mass is 16.1. The van der Waals surface area contributed by atoms with Crippen LogP contribution in [0, 0.1) is 0 Å². The number of amides is 1. The molecule has 0 aliphatic heterocycles. The van der Waals surface area contributed by atoms with E-state index in [1.807, 2.05) is 24.3 Å². The number of primary amides is 1. The molecule has 2 nitrogen and oxygen atoms in total. The lowest BCUT2D eigenvalue weighted by Crippen LogP contribution is -2.11. The van der Waals surface area contributed by atoms with Crippen molar-refractivity contribution in [2.75, 3.05) is 0 Å². The molecule has 0 saturated carbocycles. The molecule has 0 heterocycles. The Morgan fingerprint density at radius 1 is 1.33 bits per heavy atom. The summed E-state index contributed by atoms with van der Waals surface area (Å²) in [6.45, 7) is 7.51. The number of aryl methyl sites for hydroxylation is 1. The van der Waals surface area contributed by atoms with Crippen LogP contribution in [0.2, 0.25) is 0 Å². The molecule has 0 aromatic heterocycles. The van der Waals surface area contributed by atoms with E-state index in [1.165, 1.54) is 0 Å². The molecule has 0 bridgehead atoms. The van der Waals surface area contributed by atoms with Crippen LogP contribution in [0.5, 0.6) is 0 Å². The topological polar surface area (TPSA) is 43.1 Å². The third-order valence-electron chi connectivity index (χ3n) is 2.23. The Morgan fingerprint density at radius 3 is 2.40 bits per heavy atom. The van der Waals surface area contributed by atoms with Gasteiger partial charge in [-0.25, -0.2) is 0 Å². The van der Waals surface area contributed by atoms with Gasteiger partial charge in [0.05, 0.1) is 0 Å². The van der Waals surface area contributed by atoms with Crippen LogP contribution >= 0.6 is 0 Å². The van der Waals surface area contributed by atoms with Gasteiger partial charge in [0, 0.05) is 6.42 Å². The lowest BCUT2D eigenvalue weighted by molar-refractivity contribution is -0.117. The molecule has 0 spiro atoms. The molecule has 15 heavy (non-hydrogen) atoms. The van der Waals surface area contributed by atoms with E-state index in [0.29, 0.717) is 12.8 Å². The Labute approximate surface area is 90.1 Å². The third-order valence-corrected chi connectivity index (χ3v) is 2.23. The van der Waals surface area contributed by atoms with Crippen molar-refractivity contribution in [1.29, 1.82) is 0 Å². The number of carbonyl (C=O) groups excluding carboxylic acids is 1. The van der Waals surface area contributed by atoms with E-state index in [9.17, 15) is 4.79 Å². The Morgan fingerprint density at radius 2 is 1.93 bits per heavy atom. The molecule has 1 aromatic carbocycles. The normalized spacial score (nSPS) is 9.60. The van der Waals surface area contributed by atoms with Gasteiger partial charge >= 0.3 is 0 Å². The van der Waals surface area contributed by atoms with Gasteiger partial charge in [0.15, 0.2) is 0 Å². The van der Waals surface area contributed by atoms with Crippen LogP contribution in [-0.2, 0) is 11.2 Å². The molecular weight excluding hydrogens is 186 g/mol. The predicted molar refractivity (Wildman–Crippen MR) is 63.2 cm³/mol. The molecule has 78 valence electrons. The summed E-state index contributed by atoms with van der Waals surface area (Å²) >= 11 is 0. The van der Waals surface area contributed by atoms with Gasteiger partial charge in [-0.1, -0.05) is 43.5 Å². The molecule has 1 amide bonds. The summed E-state index contributed by atoms with van der Waals surface area (Å²) in [5, 5.41) is 0. The quantitative estimate of drug-likeness (QED) is 0.730. The molecular formula is C13H15NO. The molecule has 1 aromatic rings. The highest BCUT2D eigenvalue weighted by Crippen LogP contribution is 2.14. The monoisotopic (exact) mass is 201 g/mol. The minimum absolute atomic E-state index is 0.269. The van der Waals surface area contributed by atoms with Gasteiger partial charge in [-0.15, -0.1) is 0 Å². The fourth-order valence-corrected chi connectivity index (χ4v) is 1.27. The highest BCUT2D eigenvalue weighted by Gasteiger charge is 1.98. The van der Waals surface area contributed by atoms with E-state index in [2.05, 4.69) is 13.2 Å². The predicted octanol–water partition coefficient (Wildman–Crippen LogP) is 2.30. The first-order valence-electron chi connectivity index (χ1n) is 4.82. The summed E-state index contributed by atoms with van der Waals surface area (Å²) < 4.78 is 0. The highest BCUT2D eigenvalue weighted by molar-refractivity contribution is 5.74. The molecule has 0 aliphatic carbocycles. The summed E-state index contributed by atoms with van der Waals surface area (Å²) in [5.74, 6) is -0.269. The summed E-state index contributed by atoms with van der Waals surface area (Å²) in [7, 11) is 0. The third kappa shape index (κ3) is 3.43. The number of carbonyl (C=O) groups is 1. The molecule has 0 unspecified atom stereocenters. The Balaban J connectivity index is 2.68. The van der Waals surface area contributed by atoms with Gasteiger partial charge in [-0.3, -0.25) is 4.79 Å². The summed E-state index contributed by atoms with van der Waals surface area (Å²) in [6.07, 6.45) is 2.80. The summed E-state index contributed by atoms with van der Waals surface area (Å²) in [5.41, 5.74) is 8.13. The number of allylic oxidation sites excluding steroid dienone is 2. The van der Waals surface area contributed by atoms with Gasteiger partial charge < -0.3 is 5.73 Å². The molecule has 0 saturated heterocycles. The van der Waals surface area contributed by atoms with E-state index in [0.717, 1.165) is 16.7 Å². The maximum atomic E-state index is 10.6. The van der Waals surface area contributed by atoms with Crippen LogP contribution in [-0.4, -0.2) is 5.91 Å². The smallest absolute Gasteiger partial charge is 0.217 e. The lowest BCUT2D eigenvalue weighted by Gasteiger charge is -2.02. The Kier molecular flexibility index (Phi) is 3.86.